The quantitative estimate of drug-likeness (QED) is 0.673. The first-order valence-electron chi connectivity index (χ1n) is 9.22. The van der Waals surface area contributed by atoms with Crippen LogP contribution in [0.25, 0.3) is 5.70 Å². The maximum absolute atomic E-state index is 12.1. The summed E-state index contributed by atoms with van der Waals surface area (Å²) < 4.78 is 1.70. The summed E-state index contributed by atoms with van der Waals surface area (Å²) in [5, 5.41) is 8.41. The van der Waals surface area contributed by atoms with Gasteiger partial charge >= 0.3 is 0 Å². The lowest BCUT2D eigenvalue weighted by atomic mass is 10.0. The van der Waals surface area contributed by atoms with Gasteiger partial charge in [-0.2, -0.15) is 4.98 Å². The largest absolute Gasteiger partial charge is 0.324 e. The molecule has 5 rings (SSSR count). The Balaban J connectivity index is 1.61. The van der Waals surface area contributed by atoms with Crippen LogP contribution in [0.5, 0.6) is 0 Å². The Morgan fingerprint density at radius 2 is 1.66 bits per heavy atom. The van der Waals surface area contributed by atoms with E-state index in [4.69, 9.17) is 11.6 Å². The Hall–Kier alpha value is -3.45. The number of imide groups is 1. The number of allylic oxidation sites excluding steroid dienone is 1. The molecule has 1 aromatic heterocycles. The van der Waals surface area contributed by atoms with Gasteiger partial charge in [-0.3, -0.25) is 9.59 Å². The smallest absolute Gasteiger partial charge is 0.260 e. The highest BCUT2D eigenvalue weighted by molar-refractivity contribution is 6.30. The number of rotatable bonds is 3. The van der Waals surface area contributed by atoms with Crippen molar-refractivity contribution in [2.24, 2.45) is 0 Å². The van der Waals surface area contributed by atoms with Crippen molar-refractivity contribution in [1.82, 2.24) is 14.8 Å². The van der Waals surface area contributed by atoms with Gasteiger partial charge in [0.1, 0.15) is 6.04 Å². The van der Waals surface area contributed by atoms with E-state index in [9.17, 15) is 9.59 Å². The molecule has 3 heterocycles. The first-order valence-corrected chi connectivity index (χ1v) is 9.60. The Morgan fingerprint density at radius 1 is 0.966 bits per heavy atom. The van der Waals surface area contributed by atoms with E-state index in [1.54, 1.807) is 4.68 Å². The third-order valence-electron chi connectivity index (χ3n) is 5.00. The third-order valence-corrected chi connectivity index (χ3v) is 5.25. The second kappa shape index (κ2) is 6.86. The summed E-state index contributed by atoms with van der Waals surface area (Å²) >= 11 is 6.02. The summed E-state index contributed by atoms with van der Waals surface area (Å²) in [6, 6.07) is 17.1. The van der Waals surface area contributed by atoms with Crippen molar-refractivity contribution in [3.8, 4) is 0 Å². The average molecular weight is 406 g/mol. The summed E-state index contributed by atoms with van der Waals surface area (Å²) in [7, 11) is 0. The topological polar surface area (TPSA) is 80.1 Å². The lowest BCUT2D eigenvalue weighted by Crippen LogP contribution is -2.29. The van der Waals surface area contributed by atoms with Gasteiger partial charge in [-0.15, -0.1) is 5.10 Å². The number of halogens is 1. The van der Waals surface area contributed by atoms with Crippen molar-refractivity contribution in [1.29, 1.82) is 0 Å². The van der Waals surface area contributed by atoms with E-state index in [1.165, 1.54) is 0 Å². The fraction of sp³-hybridized carbons (Fsp3) is 0.143. The van der Waals surface area contributed by atoms with E-state index in [-0.39, 0.29) is 36.6 Å². The zero-order chi connectivity index (χ0) is 20.0. The third kappa shape index (κ3) is 3.09. The van der Waals surface area contributed by atoms with Crippen LogP contribution >= 0.6 is 11.6 Å². The molecule has 1 atom stereocenters. The highest BCUT2D eigenvalue weighted by atomic mass is 35.5. The van der Waals surface area contributed by atoms with Crippen LogP contribution in [0.15, 0.2) is 60.7 Å². The van der Waals surface area contributed by atoms with Crippen LogP contribution in [-0.2, 0) is 9.59 Å². The van der Waals surface area contributed by atoms with Gasteiger partial charge in [0.2, 0.25) is 17.8 Å². The molecule has 0 bridgehead atoms. The molecule has 0 radical (unpaired) electrons. The van der Waals surface area contributed by atoms with Gasteiger partial charge in [-0.1, -0.05) is 54.1 Å². The number of carbonyl (C=O) groups excluding carboxylic acids is 2. The molecule has 0 unspecified atom stereocenters. The zero-order valence-electron chi connectivity index (χ0n) is 15.2. The Kier molecular flexibility index (Phi) is 4.17. The molecule has 2 aliphatic heterocycles. The summed E-state index contributed by atoms with van der Waals surface area (Å²) in [5.74, 6) is 0.0145. The molecular weight excluding hydrogens is 390 g/mol. The summed E-state index contributed by atoms with van der Waals surface area (Å²) in [5.41, 5.74) is 2.80. The standard InChI is InChI=1S/C21H16ClN5O2/c22-15-8-6-13(7-9-15)16-12-17(14-4-2-1-3-5-14)27-20(23-16)24-21(25-27)26-18(28)10-11-19(26)29/h1-9,12,17H,10-11H2,(H,23,24,25)/t17-/m0/s1. The number of hydrogen-bond acceptors (Lipinski definition) is 5. The number of carbonyl (C=O) groups is 2. The normalized spacial score (nSPS) is 18.4. The number of aromatic nitrogens is 3. The number of fused-ring (bicyclic) bond motifs is 1. The second-order valence-corrected chi connectivity index (χ2v) is 7.31. The van der Waals surface area contributed by atoms with Crippen LogP contribution < -0.4 is 10.2 Å². The van der Waals surface area contributed by atoms with Gasteiger partial charge in [0.05, 0.1) is 0 Å². The van der Waals surface area contributed by atoms with Crippen molar-refractivity contribution in [2.75, 3.05) is 10.2 Å². The van der Waals surface area contributed by atoms with E-state index in [1.807, 2.05) is 60.7 Å². The Morgan fingerprint density at radius 3 is 2.34 bits per heavy atom. The highest BCUT2D eigenvalue weighted by Crippen LogP contribution is 2.34. The minimum Gasteiger partial charge on any atom is -0.324 e. The molecule has 8 heteroatoms. The number of benzene rings is 2. The monoisotopic (exact) mass is 405 g/mol. The predicted octanol–water partition coefficient (Wildman–Crippen LogP) is 3.64. The van der Waals surface area contributed by atoms with Crippen LogP contribution in [0.3, 0.4) is 0 Å². The lowest BCUT2D eigenvalue weighted by Gasteiger charge is -2.24. The fourth-order valence-corrected chi connectivity index (χ4v) is 3.69. The van der Waals surface area contributed by atoms with Crippen molar-refractivity contribution < 1.29 is 9.59 Å². The molecule has 29 heavy (non-hydrogen) atoms. The van der Waals surface area contributed by atoms with Crippen LogP contribution in [0.4, 0.5) is 11.9 Å². The molecule has 0 saturated carbocycles. The first-order chi connectivity index (χ1) is 14.1. The molecule has 2 aliphatic rings. The van der Waals surface area contributed by atoms with E-state index in [2.05, 4.69) is 15.4 Å². The molecule has 3 aromatic rings. The number of anilines is 2. The van der Waals surface area contributed by atoms with Crippen LogP contribution in [0.2, 0.25) is 5.02 Å². The Bertz CT molecular complexity index is 1120. The molecule has 2 amide bonds. The SMILES string of the molecule is O=C1CCC(=O)N1c1nc2n(n1)[C@H](c1ccccc1)C=C(c1ccc(Cl)cc1)N2. The highest BCUT2D eigenvalue weighted by Gasteiger charge is 2.35. The van der Waals surface area contributed by atoms with Gasteiger partial charge in [0.25, 0.3) is 5.95 Å². The van der Waals surface area contributed by atoms with Gasteiger partial charge in [-0.05, 0) is 29.3 Å². The van der Waals surface area contributed by atoms with E-state index in [0.717, 1.165) is 21.7 Å². The van der Waals surface area contributed by atoms with Crippen molar-refractivity contribution in [3.63, 3.8) is 0 Å². The molecule has 1 fully saturated rings. The van der Waals surface area contributed by atoms with Crippen LogP contribution in [0, 0.1) is 0 Å². The number of nitrogens with zero attached hydrogens (tertiary/aromatic N) is 4. The van der Waals surface area contributed by atoms with Gasteiger partial charge in [0.15, 0.2) is 0 Å². The summed E-state index contributed by atoms with van der Waals surface area (Å²) in [4.78, 5) is 29.8. The van der Waals surface area contributed by atoms with E-state index < -0.39 is 0 Å². The van der Waals surface area contributed by atoms with Crippen molar-refractivity contribution in [3.05, 3.63) is 76.8 Å². The minimum atomic E-state index is -0.278. The van der Waals surface area contributed by atoms with Gasteiger partial charge in [0, 0.05) is 23.6 Å². The van der Waals surface area contributed by atoms with Crippen molar-refractivity contribution >= 4 is 41.0 Å². The van der Waals surface area contributed by atoms with Gasteiger partial charge < -0.3 is 5.32 Å². The molecular formula is C21H16ClN5O2. The molecule has 0 spiro atoms. The fourth-order valence-electron chi connectivity index (χ4n) is 3.56. The summed E-state index contributed by atoms with van der Waals surface area (Å²) in [6.07, 6.45) is 2.41. The maximum Gasteiger partial charge on any atom is 0.260 e. The second-order valence-electron chi connectivity index (χ2n) is 6.87. The van der Waals surface area contributed by atoms with Gasteiger partial charge in [-0.25, -0.2) is 9.58 Å². The molecule has 7 nitrogen and oxygen atoms in total. The maximum atomic E-state index is 12.1. The Labute approximate surface area is 171 Å². The number of amides is 2. The lowest BCUT2D eigenvalue weighted by molar-refractivity contribution is -0.121. The minimum absolute atomic E-state index is 0.103. The predicted molar refractivity (Wildman–Crippen MR) is 109 cm³/mol. The first kappa shape index (κ1) is 17.6. The molecule has 1 saturated heterocycles. The van der Waals surface area contributed by atoms with Crippen LogP contribution in [-0.4, -0.2) is 26.6 Å². The van der Waals surface area contributed by atoms with E-state index in [0.29, 0.717) is 11.0 Å². The molecule has 144 valence electrons. The molecule has 2 aromatic carbocycles. The number of hydrogen-bond donors (Lipinski definition) is 1. The number of nitrogens with one attached hydrogen (secondary N) is 1. The van der Waals surface area contributed by atoms with E-state index >= 15 is 0 Å². The van der Waals surface area contributed by atoms with Crippen LogP contribution in [0.1, 0.15) is 30.0 Å². The average Bonchev–Trinajstić information content (AvgIpc) is 3.30. The molecule has 1 N–H and O–H groups in total. The summed E-state index contributed by atoms with van der Waals surface area (Å²) in [6.45, 7) is 0. The van der Waals surface area contributed by atoms with Crippen molar-refractivity contribution in [2.45, 2.75) is 18.9 Å². The zero-order valence-corrected chi connectivity index (χ0v) is 16.0. The molecule has 0 aliphatic carbocycles.